The van der Waals surface area contributed by atoms with Crippen LogP contribution in [0.3, 0.4) is 0 Å². The molecule has 3 heteroatoms. The Morgan fingerprint density at radius 1 is 1.00 bits per heavy atom. The van der Waals surface area contributed by atoms with E-state index in [0.717, 1.165) is 32.3 Å². The molecule has 0 saturated carbocycles. The Morgan fingerprint density at radius 3 is 2.48 bits per heavy atom. The summed E-state index contributed by atoms with van der Waals surface area (Å²) in [5.74, 6) is 0.405. The molecule has 0 radical (unpaired) electrons. The molecule has 0 amide bonds. The molecular formula is C20H28O2S. The smallest absolute Gasteiger partial charge is 0.0716 e. The molecule has 2 nitrogen and oxygen atoms in total. The molecule has 0 saturated heterocycles. The minimum absolute atomic E-state index is 0.293. The average molecular weight is 333 g/mol. The molecule has 0 bridgehead atoms. The summed E-state index contributed by atoms with van der Waals surface area (Å²) in [4.78, 5) is 2.92. The van der Waals surface area contributed by atoms with E-state index in [9.17, 15) is 0 Å². The van der Waals surface area contributed by atoms with Crippen LogP contribution in [0.25, 0.3) is 0 Å². The van der Waals surface area contributed by atoms with Gasteiger partial charge in [0, 0.05) is 23.0 Å². The second kappa shape index (κ2) is 10.6. The van der Waals surface area contributed by atoms with Crippen LogP contribution in [0.5, 0.6) is 0 Å². The molecule has 0 aliphatic rings. The van der Waals surface area contributed by atoms with E-state index in [2.05, 4.69) is 31.2 Å². The lowest BCUT2D eigenvalue weighted by Gasteiger charge is -2.05. The molecule has 0 aliphatic heterocycles. The quantitative estimate of drug-likeness (QED) is 0.596. The van der Waals surface area contributed by atoms with Gasteiger partial charge in [-0.15, -0.1) is 11.3 Å². The fourth-order valence-electron chi connectivity index (χ4n) is 2.44. The van der Waals surface area contributed by atoms with E-state index in [1.54, 1.807) is 0 Å². The molecule has 2 aromatic rings. The standard InChI is InChI=1S/C20H28O2S/c1-17(15-21)10-11-20-13-12-19(23-20)9-5-6-14-22-16-18-7-3-2-4-8-18/h2-4,7-8,12-13,17,21H,5-6,9-11,14-16H2,1H3. The Bertz CT molecular complexity index is 536. The van der Waals surface area contributed by atoms with Gasteiger partial charge < -0.3 is 9.84 Å². The second-order valence-electron chi connectivity index (χ2n) is 6.19. The van der Waals surface area contributed by atoms with Crippen LogP contribution < -0.4 is 0 Å². The summed E-state index contributed by atoms with van der Waals surface area (Å²) in [6.07, 6.45) is 5.61. The highest BCUT2D eigenvalue weighted by Crippen LogP contribution is 2.21. The first-order valence-electron chi connectivity index (χ1n) is 8.58. The summed E-state index contributed by atoms with van der Waals surface area (Å²) in [6.45, 7) is 3.94. The van der Waals surface area contributed by atoms with Crippen molar-refractivity contribution in [1.82, 2.24) is 0 Å². The zero-order chi connectivity index (χ0) is 16.3. The van der Waals surface area contributed by atoms with E-state index < -0.39 is 0 Å². The van der Waals surface area contributed by atoms with Gasteiger partial charge in [0.15, 0.2) is 0 Å². The van der Waals surface area contributed by atoms with Crippen LogP contribution in [0.2, 0.25) is 0 Å². The third-order valence-corrected chi connectivity index (χ3v) is 5.19. The van der Waals surface area contributed by atoms with Crippen LogP contribution in [0, 0.1) is 5.92 Å². The number of benzene rings is 1. The molecule has 0 fully saturated rings. The predicted octanol–water partition coefficient (Wildman–Crippen LogP) is 4.85. The second-order valence-corrected chi connectivity index (χ2v) is 7.44. The monoisotopic (exact) mass is 332 g/mol. The van der Waals surface area contributed by atoms with E-state index in [1.165, 1.54) is 21.7 Å². The van der Waals surface area contributed by atoms with Gasteiger partial charge in [-0.2, -0.15) is 0 Å². The topological polar surface area (TPSA) is 29.5 Å². The van der Waals surface area contributed by atoms with Crippen LogP contribution in [-0.2, 0) is 24.2 Å². The molecule has 2 rings (SSSR count). The van der Waals surface area contributed by atoms with E-state index in [1.807, 2.05) is 29.5 Å². The number of aryl methyl sites for hydroxylation is 2. The van der Waals surface area contributed by atoms with Gasteiger partial charge >= 0.3 is 0 Å². The maximum Gasteiger partial charge on any atom is 0.0716 e. The van der Waals surface area contributed by atoms with Crippen molar-refractivity contribution in [3.8, 4) is 0 Å². The highest BCUT2D eigenvalue weighted by Gasteiger charge is 2.04. The Hall–Kier alpha value is -1.16. The van der Waals surface area contributed by atoms with Gasteiger partial charge in [-0.1, -0.05) is 37.3 Å². The van der Waals surface area contributed by atoms with Crippen molar-refractivity contribution in [3.63, 3.8) is 0 Å². The highest BCUT2D eigenvalue weighted by atomic mass is 32.1. The SMILES string of the molecule is CC(CO)CCc1ccc(CCCCOCc2ccccc2)s1. The van der Waals surface area contributed by atoms with Crippen molar-refractivity contribution in [2.45, 2.75) is 45.6 Å². The molecule has 1 heterocycles. The first-order valence-corrected chi connectivity index (χ1v) is 9.39. The zero-order valence-electron chi connectivity index (χ0n) is 14.0. The van der Waals surface area contributed by atoms with Crippen LogP contribution in [-0.4, -0.2) is 18.3 Å². The van der Waals surface area contributed by atoms with E-state index in [-0.39, 0.29) is 0 Å². The third-order valence-electron chi connectivity index (χ3n) is 3.99. The van der Waals surface area contributed by atoms with Crippen LogP contribution in [0.15, 0.2) is 42.5 Å². The lowest BCUT2D eigenvalue weighted by molar-refractivity contribution is 0.117. The number of thiophene rings is 1. The van der Waals surface area contributed by atoms with Gasteiger partial charge in [0.05, 0.1) is 6.61 Å². The molecule has 126 valence electrons. The van der Waals surface area contributed by atoms with Crippen molar-refractivity contribution >= 4 is 11.3 Å². The van der Waals surface area contributed by atoms with Crippen LogP contribution in [0.1, 0.15) is 41.5 Å². The van der Waals surface area contributed by atoms with E-state index in [0.29, 0.717) is 19.1 Å². The Labute approximate surface area is 144 Å². The molecule has 1 aromatic heterocycles. The summed E-state index contributed by atoms with van der Waals surface area (Å²) < 4.78 is 5.72. The van der Waals surface area contributed by atoms with E-state index in [4.69, 9.17) is 9.84 Å². The van der Waals surface area contributed by atoms with Gasteiger partial charge in [0.25, 0.3) is 0 Å². The number of aliphatic hydroxyl groups is 1. The van der Waals surface area contributed by atoms with Gasteiger partial charge in [0.1, 0.15) is 0 Å². The molecule has 1 atom stereocenters. The molecule has 1 aromatic carbocycles. The molecular weight excluding hydrogens is 304 g/mol. The minimum atomic E-state index is 0.293. The van der Waals surface area contributed by atoms with Gasteiger partial charge in [0.2, 0.25) is 0 Å². The fraction of sp³-hybridized carbons (Fsp3) is 0.500. The van der Waals surface area contributed by atoms with Crippen molar-refractivity contribution < 1.29 is 9.84 Å². The minimum Gasteiger partial charge on any atom is -0.396 e. The van der Waals surface area contributed by atoms with Gasteiger partial charge in [-0.25, -0.2) is 0 Å². The largest absolute Gasteiger partial charge is 0.396 e. The number of hydrogen-bond acceptors (Lipinski definition) is 3. The Morgan fingerprint density at radius 2 is 1.74 bits per heavy atom. The molecule has 0 spiro atoms. The summed E-state index contributed by atoms with van der Waals surface area (Å²) in [7, 11) is 0. The number of hydrogen-bond donors (Lipinski definition) is 1. The fourth-order valence-corrected chi connectivity index (χ4v) is 3.51. The lowest BCUT2D eigenvalue weighted by atomic mass is 10.1. The third kappa shape index (κ3) is 7.30. The normalized spacial score (nSPS) is 12.4. The molecule has 0 aliphatic carbocycles. The maximum atomic E-state index is 9.07. The Kier molecular flexibility index (Phi) is 8.37. The van der Waals surface area contributed by atoms with Crippen LogP contribution >= 0.6 is 11.3 Å². The summed E-state index contributed by atoms with van der Waals surface area (Å²) in [5.41, 5.74) is 1.24. The lowest BCUT2D eigenvalue weighted by Crippen LogP contribution is -2.01. The highest BCUT2D eigenvalue weighted by molar-refractivity contribution is 7.11. The van der Waals surface area contributed by atoms with E-state index >= 15 is 0 Å². The van der Waals surface area contributed by atoms with Crippen molar-refractivity contribution in [1.29, 1.82) is 0 Å². The summed E-state index contributed by atoms with van der Waals surface area (Å²) in [6, 6.07) is 14.8. The summed E-state index contributed by atoms with van der Waals surface area (Å²) >= 11 is 1.92. The molecule has 23 heavy (non-hydrogen) atoms. The number of rotatable bonds is 11. The summed E-state index contributed by atoms with van der Waals surface area (Å²) in [5, 5.41) is 9.07. The van der Waals surface area contributed by atoms with Crippen molar-refractivity contribution in [3.05, 3.63) is 57.8 Å². The first kappa shape index (κ1) is 18.2. The predicted molar refractivity (Wildman–Crippen MR) is 97.9 cm³/mol. The van der Waals surface area contributed by atoms with Crippen molar-refractivity contribution in [2.24, 2.45) is 5.92 Å². The molecule has 1 unspecified atom stereocenters. The maximum absolute atomic E-state index is 9.07. The average Bonchev–Trinajstić information content (AvgIpc) is 3.04. The Balaban J connectivity index is 1.55. The molecule has 1 N–H and O–H groups in total. The number of unbranched alkanes of at least 4 members (excludes halogenated alkanes) is 1. The van der Waals surface area contributed by atoms with Gasteiger partial charge in [-0.3, -0.25) is 0 Å². The zero-order valence-corrected chi connectivity index (χ0v) is 14.9. The number of ether oxygens (including phenoxy) is 1. The first-order chi connectivity index (χ1) is 11.3. The van der Waals surface area contributed by atoms with Gasteiger partial charge in [-0.05, 0) is 55.7 Å². The van der Waals surface area contributed by atoms with Crippen LogP contribution in [0.4, 0.5) is 0 Å². The van der Waals surface area contributed by atoms with Crippen molar-refractivity contribution in [2.75, 3.05) is 13.2 Å². The number of aliphatic hydroxyl groups excluding tert-OH is 1.